The van der Waals surface area contributed by atoms with Gasteiger partial charge in [-0.2, -0.15) is 0 Å². The molecule has 1 saturated carbocycles. The summed E-state index contributed by atoms with van der Waals surface area (Å²) in [6.07, 6.45) is 3.51. The van der Waals surface area contributed by atoms with Crippen molar-refractivity contribution in [1.29, 1.82) is 0 Å². The Morgan fingerprint density at radius 1 is 1.29 bits per heavy atom. The van der Waals surface area contributed by atoms with Gasteiger partial charge >= 0.3 is 0 Å². The molecule has 1 atom stereocenters. The van der Waals surface area contributed by atoms with Crippen LogP contribution >= 0.6 is 11.3 Å². The minimum atomic E-state index is 0.474. The van der Waals surface area contributed by atoms with E-state index in [0.717, 1.165) is 36.2 Å². The van der Waals surface area contributed by atoms with Crippen LogP contribution in [0.5, 0.6) is 0 Å². The minimum Gasteiger partial charge on any atom is -0.313 e. The van der Waals surface area contributed by atoms with Crippen molar-refractivity contribution in [2.24, 2.45) is 0 Å². The first-order valence-corrected chi connectivity index (χ1v) is 8.61. The Bertz CT molecular complexity index is 579. The number of nitrogens with one attached hydrogen (secondary N) is 1. The highest BCUT2D eigenvalue weighted by Gasteiger charge is 2.22. The Balaban J connectivity index is 1.74. The standard InChI is InChI=1S/C17H23N3S/c1-11(10-18-14-6-7-14)17-12(2)19-16(20-13(17)3)9-15-5-4-8-21-15/h4-5,8,11,14,18H,6-7,9-10H2,1-3H3. The number of hydrogen-bond acceptors (Lipinski definition) is 4. The average Bonchev–Trinajstić information content (AvgIpc) is 3.12. The molecule has 2 aromatic rings. The van der Waals surface area contributed by atoms with Gasteiger partial charge in [0.05, 0.1) is 0 Å². The Morgan fingerprint density at radius 3 is 2.57 bits per heavy atom. The van der Waals surface area contributed by atoms with E-state index >= 15 is 0 Å². The third-order valence-corrected chi connectivity index (χ3v) is 4.94. The van der Waals surface area contributed by atoms with E-state index in [1.165, 1.54) is 23.3 Å². The zero-order chi connectivity index (χ0) is 14.8. The molecular formula is C17H23N3S. The molecule has 3 nitrogen and oxygen atoms in total. The Morgan fingerprint density at radius 2 is 2.00 bits per heavy atom. The van der Waals surface area contributed by atoms with Crippen molar-refractivity contribution in [2.75, 3.05) is 6.54 Å². The molecule has 1 N–H and O–H groups in total. The van der Waals surface area contributed by atoms with Crippen LogP contribution in [0.3, 0.4) is 0 Å². The Kier molecular flexibility index (Phi) is 4.36. The summed E-state index contributed by atoms with van der Waals surface area (Å²) >= 11 is 1.77. The summed E-state index contributed by atoms with van der Waals surface area (Å²) in [5.74, 6) is 1.42. The molecule has 0 saturated heterocycles. The van der Waals surface area contributed by atoms with E-state index in [2.05, 4.69) is 43.6 Å². The van der Waals surface area contributed by atoms with Crippen molar-refractivity contribution < 1.29 is 0 Å². The zero-order valence-electron chi connectivity index (χ0n) is 13.0. The van der Waals surface area contributed by atoms with Crippen molar-refractivity contribution in [3.05, 3.63) is 45.2 Å². The van der Waals surface area contributed by atoms with Crippen molar-refractivity contribution in [1.82, 2.24) is 15.3 Å². The number of aromatic nitrogens is 2. The lowest BCUT2D eigenvalue weighted by molar-refractivity contribution is 0.602. The largest absolute Gasteiger partial charge is 0.313 e. The quantitative estimate of drug-likeness (QED) is 0.886. The second-order valence-corrected chi connectivity index (χ2v) is 7.10. The molecule has 2 aromatic heterocycles. The minimum absolute atomic E-state index is 0.474. The molecule has 1 unspecified atom stereocenters. The summed E-state index contributed by atoms with van der Waals surface area (Å²) in [4.78, 5) is 10.8. The maximum atomic E-state index is 4.74. The SMILES string of the molecule is Cc1nc(Cc2cccs2)nc(C)c1C(C)CNC1CC1. The van der Waals surface area contributed by atoms with Crippen LogP contribution in [-0.4, -0.2) is 22.6 Å². The molecule has 0 aromatic carbocycles. The highest BCUT2D eigenvalue weighted by atomic mass is 32.1. The molecular weight excluding hydrogens is 278 g/mol. The van der Waals surface area contributed by atoms with E-state index < -0.39 is 0 Å². The number of rotatable bonds is 6. The van der Waals surface area contributed by atoms with Gasteiger partial charge in [0, 0.05) is 35.3 Å². The molecule has 0 spiro atoms. The summed E-state index contributed by atoms with van der Waals surface area (Å²) in [6.45, 7) is 7.54. The highest BCUT2D eigenvalue weighted by Crippen LogP contribution is 2.24. The van der Waals surface area contributed by atoms with Crippen LogP contribution in [0.1, 0.15) is 53.3 Å². The molecule has 3 rings (SSSR count). The molecule has 2 heterocycles. The van der Waals surface area contributed by atoms with Gasteiger partial charge in [-0.25, -0.2) is 9.97 Å². The fourth-order valence-electron chi connectivity index (χ4n) is 2.89. The van der Waals surface area contributed by atoms with Crippen LogP contribution in [0, 0.1) is 13.8 Å². The summed E-state index contributed by atoms with van der Waals surface area (Å²) in [7, 11) is 0. The predicted octanol–water partition coefficient (Wildman–Crippen LogP) is 3.60. The van der Waals surface area contributed by atoms with Gasteiger partial charge in [-0.3, -0.25) is 0 Å². The lowest BCUT2D eigenvalue weighted by Crippen LogP contribution is -2.23. The zero-order valence-corrected chi connectivity index (χ0v) is 13.8. The fourth-order valence-corrected chi connectivity index (χ4v) is 3.59. The second-order valence-electron chi connectivity index (χ2n) is 6.06. The second kappa shape index (κ2) is 6.24. The maximum absolute atomic E-state index is 4.74. The highest BCUT2D eigenvalue weighted by molar-refractivity contribution is 7.09. The topological polar surface area (TPSA) is 37.8 Å². The van der Waals surface area contributed by atoms with E-state index in [0.29, 0.717) is 5.92 Å². The molecule has 21 heavy (non-hydrogen) atoms. The Hall–Kier alpha value is -1.26. The van der Waals surface area contributed by atoms with Gasteiger partial charge in [-0.15, -0.1) is 11.3 Å². The third kappa shape index (κ3) is 3.69. The van der Waals surface area contributed by atoms with Crippen LogP contribution < -0.4 is 5.32 Å². The van der Waals surface area contributed by atoms with Crippen molar-refractivity contribution >= 4 is 11.3 Å². The van der Waals surface area contributed by atoms with Crippen molar-refractivity contribution in [3.8, 4) is 0 Å². The molecule has 0 radical (unpaired) electrons. The lowest BCUT2D eigenvalue weighted by Gasteiger charge is -2.18. The first-order valence-electron chi connectivity index (χ1n) is 7.73. The fraction of sp³-hybridized carbons (Fsp3) is 0.529. The van der Waals surface area contributed by atoms with Gasteiger partial charge in [-0.1, -0.05) is 13.0 Å². The van der Waals surface area contributed by atoms with E-state index in [1.807, 2.05) is 0 Å². The molecule has 0 aliphatic heterocycles. The number of aryl methyl sites for hydroxylation is 2. The van der Waals surface area contributed by atoms with Gasteiger partial charge in [0.15, 0.2) is 0 Å². The molecule has 1 fully saturated rings. The monoisotopic (exact) mass is 301 g/mol. The molecule has 4 heteroatoms. The van der Waals surface area contributed by atoms with Gasteiger partial charge in [0.25, 0.3) is 0 Å². The van der Waals surface area contributed by atoms with Crippen LogP contribution in [0.25, 0.3) is 0 Å². The molecule has 0 bridgehead atoms. The number of thiophene rings is 1. The van der Waals surface area contributed by atoms with Crippen LogP contribution in [0.2, 0.25) is 0 Å². The molecule has 1 aliphatic carbocycles. The van der Waals surface area contributed by atoms with E-state index in [9.17, 15) is 0 Å². The lowest BCUT2D eigenvalue weighted by atomic mass is 9.98. The van der Waals surface area contributed by atoms with Crippen LogP contribution in [0.4, 0.5) is 0 Å². The smallest absolute Gasteiger partial charge is 0.134 e. The van der Waals surface area contributed by atoms with E-state index in [4.69, 9.17) is 9.97 Å². The molecule has 112 valence electrons. The van der Waals surface area contributed by atoms with E-state index in [1.54, 1.807) is 11.3 Å². The van der Waals surface area contributed by atoms with Crippen molar-refractivity contribution in [2.45, 2.75) is 52.0 Å². The Labute approximate surface area is 130 Å². The third-order valence-electron chi connectivity index (χ3n) is 4.07. The molecule has 0 amide bonds. The maximum Gasteiger partial charge on any atom is 0.134 e. The molecule has 1 aliphatic rings. The summed E-state index contributed by atoms with van der Waals surface area (Å²) in [6, 6.07) is 4.99. The first-order chi connectivity index (χ1) is 10.1. The summed E-state index contributed by atoms with van der Waals surface area (Å²) in [5.41, 5.74) is 3.59. The normalized spacial score (nSPS) is 16.1. The van der Waals surface area contributed by atoms with Crippen LogP contribution in [0.15, 0.2) is 17.5 Å². The van der Waals surface area contributed by atoms with Gasteiger partial charge in [0.1, 0.15) is 5.82 Å². The summed E-state index contributed by atoms with van der Waals surface area (Å²) < 4.78 is 0. The number of hydrogen-bond donors (Lipinski definition) is 1. The number of nitrogens with zero attached hydrogens (tertiary/aromatic N) is 2. The summed E-state index contributed by atoms with van der Waals surface area (Å²) in [5, 5.41) is 5.71. The van der Waals surface area contributed by atoms with E-state index in [-0.39, 0.29) is 0 Å². The van der Waals surface area contributed by atoms with Gasteiger partial charge < -0.3 is 5.32 Å². The predicted molar refractivity (Wildman–Crippen MR) is 88.1 cm³/mol. The van der Waals surface area contributed by atoms with Gasteiger partial charge in [-0.05, 0) is 49.6 Å². The average molecular weight is 301 g/mol. The van der Waals surface area contributed by atoms with Gasteiger partial charge in [0.2, 0.25) is 0 Å². The first kappa shape index (κ1) is 14.7. The van der Waals surface area contributed by atoms with Crippen molar-refractivity contribution in [3.63, 3.8) is 0 Å². The van der Waals surface area contributed by atoms with Crippen LogP contribution in [-0.2, 0) is 6.42 Å².